The molecule has 2 aromatic rings. The van der Waals surface area contributed by atoms with E-state index in [1.165, 1.54) is 6.21 Å². The Morgan fingerprint density at radius 1 is 1.00 bits per heavy atom. The predicted molar refractivity (Wildman–Crippen MR) is 94.7 cm³/mol. The molecule has 2 N–H and O–H groups in total. The predicted octanol–water partition coefficient (Wildman–Crippen LogP) is 2.89. The topological polar surface area (TPSA) is 70.6 Å². The average molecular weight is 344 g/mol. The van der Waals surface area contributed by atoms with Gasteiger partial charge in [0.2, 0.25) is 11.8 Å². The van der Waals surface area contributed by atoms with E-state index in [0.717, 1.165) is 11.1 Å². The minimum atomic E-state index is -0.317. The Hall–Kier alpha value is -2.66. The van der Waals surface area contributed by atoms with Gasteiger partial charge < -0.3 is 5.32 Å². The Balaban J connectivity index is 1.66. The van der Waals surface area contributed by atoms with Gasteiger partial charge in [0.15, 0.2) is 0 Å². The fourth-order valence-electron chi connectivity index (χ4n) is 1.93. The maximum Gasteiger partial charge on any atom is 0.240 e. The molecule has 0 fully saturated rings. The van der Waals surface area contributed by atoms with Gasteiger partial charge in [0.25, 0.3) is 0 Å². The first-order valence-electron chi connectivity index (χ1n) is 7.51. The summed E-state index contributed by atoms with van der Waals surface area (Å²) in [4.78, 5) is 23.4. The third-order valence-corrected chi connectivity index (χ3v) is 3.40. The zero-order valence-electron chi connectivity index (χ0n) is 13.0. The number of hydrogen-bond acceptors (Lipinski definition) is 3. The molecule has 0 saturated carbocycles. The SMILES string of the molecule is O=C(CCC(=O)NN=Cc1cccc(Cl)c1)NCc1ccccc1. The average Bonchev–Trinajstić information content (AvgIpc) is 2.59. The number of nitrogens with zero attached hydrogens (tertiary/aromatic N) is 1. The van der Waals surface area contributed by atoms with Crippen LogP contribution in [0.2, 0.25) is 5.02 Å². The lowest BCUT2D eigenvalue weighted by Gasteiger charge is -2.04. The molecule has 0 spiro atoms. The molecular formula is C18H18ClN3O2. The van der Waals surface area contributed by atoms with Crippen LogP contribution in [0.1, 0.15) is 24.0 Å². The summed E-state index contributed by atoms with van der Waals surface area (Å²) in [6.45, 7) is 0.453. The molecule has 2 rings (SSSR count). The third kappa shape index (κ3) is 6.62. The Kier molecular flexibility index (Phi) is 6.98. The van der Waals surface area contributed by atoms with E-state index in [2.05, 4.69) is 15.8 Å². The smallest absolute Gasteiger partial charge is 0.240 e. The van der Waals surface area contributed by atoms with E-state index in [4.69, 9.17) is 11.6 Å². The number of rotatable bonds is 7. The molecule has 0 aliphatic rings. The molecule has 0 atom stereocenters. The summed E-state index contributed by atoms with van der Waals surface area (Å²) in [5.41, 5.74) is 4.18. The minimum absolute atomic E-state index is 0.0769. The van der Waals surface area contributed by atoms with E-state index >= 15 is 0 Å². The number of nitrogens with one attached hydrogen (secondary N) is 2. The van der Waals surface area contributed by atoms with Gasteiger partial charge in [0.1, 0.15) is 0 Å². The van der Waals surface area contributed by atoms with Crippen molar-refractivity contribution in [3.8, 4) is 0 Å². The van der Waals surface area contributed by atoms with Crippen molar-refractivity contribution in [2.24, 2.45) is 5.10 Å². The fraction of sp³-hybridized carbons (Fsp3) is 0.167. The highest BCUT2D eigenvalue weighted by molar-refractivity contribution is 6.30. The molecule has 0 aliphatic heterocycles. The van der Waals surface area contributed by atoms with Gasteiger partial charge in [-0.25, -0.2) is 5.43 Å². The van der Waals surface area contributed by atoms with Gasteiger partial charge in [-0.3, -0.25) is 9.59 Å². The Labute approximate surface area is 145 Å². The van der Waals surface area contributed by atoms with Crippen molar-refractivity contribution in [2.45, 2.75) is 19.4 Å². The summed E-state index contributed by atoms with van der Waals surface area (Å²) >= 11 is 5.85. The number of carbonyl (C=O) groups excluding carboxylic acids is 2. The zero-order valence-corrected chi connectivity index (χ0v) is 13.8. The number of carbonyl (C=O) groups is 2. The highest BCUT2D eigenvalue weighted by Crippen LogP contribution is 2.08. The van der Waals surface area contributed by atoms with Crippen LogP contribution in [-0.2, 0) is 16.1 Å². The standard InChI is InChI=1S/C18H18ClN3O2/c19-16-8-4-7-15(11-16)13-21-22-18(24)10-9-17(23)20-12-14-5-2-1-3-6-14/h1-8,11,13H,9-10,12H2,(H,20,23)(H,22,24). The van der Waals surface area contributed by atoms with Crippen LogP contribution in [0.3, 0.4) is 0 Å². The van der Waals surface area contributed by atoms with Crippen molar-refractivity contribution in [3.63, 3.8) is 0 Å². The van der Waals surface area contributed by atoms with Crippen LogP contribution in [0.5, 0.6) is 0 Å². The molecule has 0 saturated heterocycles. The van der Waals surface area contributed by atoms with E-state index in [-0.39, 0.29) is 24.7 Å². The second-order valence-electron chi connectivity index (χ2n) is 5.11. The van der Waals surface area contributed by atoms with E-state index in [1.54, 1.807) is 18.2 Å². The highest BCUT2D eigenvalue weighted by atomic mass is 35.5. The van der Waals surface area contributed by atoms with Crippen LogP contribution in [0.15, 0.2) is 59.7 Å². The van der Waals surface area contributed by atoms with E-state index in [0.29, 0.717) is 11.6 Å². The van der Waals surface area contributed by atoms with Crippen molar-refractivity contribution < 1.29 is 9.59 Å². The number of amides is 2. The molecule has 0 radical (unpaired) electrons. The largest absolute Gasteiger partial charge is 0.352 e. The second-order valence-corrected chi connectivity index (χ2v) is 5.55. The maximum absolute atomic E-state index is 11.7. The van der Waals surface area contributed by atoms with Gasteiger partial charge in [-0.1, -0.05) is 54.1 Å². The van der Waals surface area contributed by atoms with Crippen molar-refractivity contribution in [1.29, 1.82) is 0 Å². The molecular weight excluding hydrogens is 326 g/mol. The lowest BCUT2D eigenvalue weighted by atomic mass is 10.2. The van der Waals surface area contributed by atoms with Gasteiger partial charge in [-0.05, 0) is 23.3 Å². The number of benzene rings is 2. The molecule has 0 unspecified atom stereocenters. The monoisotopic (exact) mass is 343 g/mol. The Bertz CT molecular complexity index is 717. The molecule has 6 heteroatoms. The summed E-state index contributed by atoms with van der Waals surface area (Å²) in [7, 11) is 0. The van der Waals surface area contributed by atoms with Gasteiger partial charge in [0, 0.05) is 24.4 Å². The second kappa shape index (κ2) is 9.47. The lowest BCUT2D eigenvalue weighted by molar-refractivity contribution is -0.126. The summed E-state index contributed by atoms with van der Waals surface area (Å²) in [6.07, 6.45) is 1.69. The van der Waals surface area contributed by atoms with Crippen molar-refractivity contribution >= 4 is 29.6 Å². The minimum Gasteiger partial charge on any atom is -0.352 e. The van der Waals surface area contributed by atoms with Gasteiger partial charge >= 0.3 is 0 Å². The summed E-state index contributed by atoms with van der Waals surface area (Å²) in [5.74, 6) is -0.490. The Morgan fingerprint density at radius 2 is 1.75 bits per heavy atom. The van der Waals surface area contributed by atoms with Crippen LogP contribution in [-0.4, -0.2) is 18.0 Å². The molecule has 2 aromatic carbocycles. The first-order chi connectivity index (χ1) is 11.6. The van der Waals surface area contributed by atoms with Gasteiger partial charge in [-0.15, -0.1) is 0 Å². The first-order valence-corrected chi connectivity index (χ1v) is 7.89. The van der Waals surface area contributed by atoms with Crippen LogP contribution in [0.25, 0.3) is 0 Å². The third-order valence-electron chi connectivity index (χ3n) is 3.16. The molecule has 124 valence electrons. The van der Waals surface area contributed by atoms with E-state index in [9.17, 15) is 9.59 Å². The maximum atomic E-state index is 11.7. The summed E-state index contributed by atoms with van der Waals surface area (Å²) in [6, 6.07) is 16.7. The van der Waals surface area contributed by atoms with E-state index < -0.39 is 0 Å². The molecule has 2 amide bonds. The lowest BCUT2D eigenvalue weighted by Crippen LogP contribution is -2.25. The number of halogens is 1. The van der Waals surface area contributed by atoms with Gasteiger partial charge in [-0.2, -0.15) is 5.10 Å². The molecule has 0 aromatic heterocycles. The van der Waals surface area contributed by atoms with Crippen LogP contribution < -0.4 is 10.7 Å². The van der Waals surface area contributed by atoms with Crippen molar-refractivity contribution in [3.05, 3.63) is 70.7 Å². The molecule has 24 heavy (non-hydrogen) atoms. The summed E-state index contributed by atoms with van der Waals surface area (Å²) in [5, 5.41) is 7.21. The summed E-state index contributed by atoms with van der Waals surface area (Å²) < 4.78 is 0. The molecule has 5 nitrogen and oxygen atoms in total. The van der Waals surface area contributed by atoms with Crippen molar-refractivity contribution in [1.82, 2.24) is 10.7 Å². The number of hydrazone groups is 1. The quantitative estimate of drug-likeness (QED) is 0.599. The van der Waals surface area contributed by atoms with E-state index in [1.807, 2.05) is 36.4 Å². The van der Waals surface area contributed by atoms with Crippen molar-refractivity contribution in [2.75, 3.05) is 0 Å². The van der Waals surface area contributed by atoms with Crippen LogP contribution in [0, 0.1) is 0 Å². The van der Waals surface area contributed by atoms with Crippen LogP contribution >= 0.6 is 11.6 Å². The zero-order chi connectivity index (χ0) is 17.2. The van der Waals surface area contributed by atoms with Gasteiger partial charge in [0.05, 0.1) is 6.21 Å². The molecule has 0 aliphatic carbocycles. The highest BCUT2D eigenvalue weighted by Gasteiger charge is 2.06. The Morgan fingerprint density at radius 3 is 2.50 bits per heavy atom. The fourth-order valence-corrected chi connectivity index (χ4v) is 2.13. The molecule has 0 heterocycles. The van der Waals surface area contributed by atoms with Crippen LogP contribution in [0.4, 0.5) is 0 Å². The first kappa shape index (κ1) is 17.7. The molecule has 0 bridgehead atoms. The normalized spacial score (nSPS) is 10.5. The number of hydrogen-bond donors (Lipinski definition) is 2.